The number of rotatable bonds is 3. The number of nitrogens with zero attached hydrogens (tertiary/aromatic N) is 1. The van der Waals surface area contributed by atoms with Crippen LogP contribution in [0.1, 0.15) is 15.9 Å². The van der Waals surface area contributed by atoms with Gasteiger partial charge in [0.05, 0.1) is 22.0 Å². The van der Waals surface area contributed by atoms with Crippen molar-refractivity contribution in [3.63, 3.8) is 0 Å². The predicted molar refractivity (Wildman–Crippen MR) is 75.1 cm³/mol. The highest BCUT2D eigenvalue weighted by atomic mass is 35.5. The molecule has 0 amide bonds. The number of halogens is 1. The number of hydrogen-bond acceptors (Lipinski definition) is 4. The third kappa shape index (κ3) is 2.77. The average molecular weight is 278 g/mol. The minimum absolute atomic E-state index is 0.000680. The van der Waals surface area contributed by atoms with Gasteiger partial charge in [-0.15, -0.1) is 0 Å². The van der Waals surface area contributed by atoms with Gasteiger partial charge in [-0.25, -0.2) is 9.78 Å². The van der Waals surface area contributed by atoms with E-state index in [1.54, 1.807) is 12.1 Å². The van der Waals surface area contributed by atoms with Crippen LogP contribution in [0.15, 0.2) is 30.5 Å². The molecule has 0 fully saturated rings. The van der Waals surface area contributed by atoms with Crippen LogP contribution in [0.2, 0.25) is 5.02 Å². The van der Waals surface area contributed by atoms with Crippen LogP contribution >= 0.6 is 11.6 Å². The van der Waals surface area contributed by atoms with Gasteiger partial charge in [-0.3, -0.25) is 0 Å². The zero-order valence-corrected chi connectivity index (χ0v) is 10.9. The van der Waals surface area contributed by atoms with E-state index >= 15 is 0 Å². The van der Waals surface area contributed by atoms with Crippen molar-refractivity contribution < 1.29 is 9.90 Å². The Bertz CT molecular complexity index is 644. The van der Waals surface area contributed by atoms with Crippen molar-refractivity contribution in [3.8, 4) is 0 Å². The molecule has 0 aliphatic carbocycles. The molecule has 4 N–H and O–H groups in total. The molecule has 0 saturated heterocycles. The minimum Gasteiger partial charge on any atom is -0.478 e. The molecule has 2 rings (SSSR count). The fraction of sp³-hybridized carbons (Fsp3) is 0.0769. The molecule has 6 heteroatoms. The molecule has 1 aromatic heterocycles. The highest BCUT2D eigenvalue weighted by molar-refractivity contribution is 6.33. The molecule has 0 unspecified atom stereocenters. The molecule has 1 aromatic carbocycles. The second-order valence-electron chi connectivity index (χ2n) is 4.03. The van der Waals surface area contributed by atoms with E-state index in [1.165, 1.54) is 12.3 Å². The van der Waals surface area contributed by atoms with Gasteiger partial charge in [0.2, 0.25) is 0 Å². The summed E-state index contributed by atoms with van der Waals surface area (Å²) in [7, 11) is 0. The van der Waals surface area contributed by atoms with Crippen molar-refractivity contribution in [1.82, 2.24) is 4.98 Å². The number of hydrogen-bond donors (Lipinski definition) is 3. The first-order valence-corrected chi connectivity index (χ1v) is 5.88. The maximum atomic E-state index is 11.0. The number of carbonyl (C=O) groups is 1. The SMILES string of the molecule is Cc1ccc(Nc2nccc(C(=O)O)c2N)c(Cl)c1. The average Bonchev–Trinajstić information content (AvgIpc) is 2.34. The fourth-order valence-electron chi connectivity index (χ4n) is 1.61. The van der Waals surface area contributed by atoms with E-state index in [4.69, 9.17) is 22.4 Å². The highest BCUT2D eigenvalue weighted by Gasteiger charge is 2.13. The van der Waals surface area contributed by atoms with E-state index in [0.29, 0.717) is 10.7 Å². The summed E-state index contributed by atoms with van der Waals surface area (Å²) in [6.45, 7) is 1.92. The molecule has 0 bridgehead atoms. The Morgan fingerprint density at radius 2 is 2.16 bits per heavy atom. The topological polar surface area (TPSA) is 88.2 Å². The molecule has 0 aliphatic rings. The fourth-order valence-corrected chi connectivity index (χ4v) is 1.89. The van der Waals surface area contributed by atoms with Gasteiger partial charge in [-0.1, -0.05) is 17.7 Å². The van der Waals surface area contributed by atoms with Crippen molar-refractivity contribution in [2.75, 3.05) is 11.1 Å². The molecule has 19 heavy (non-hydrogen) atoms. The third-order valence-corrected chi connectivity index (χ3v) is 2.91. The maximum Gasteiger partial charge on any atom is 0.337 e. The molecular formula is C13H12ClN3O2. The van der Waals surface area contributed by atoms with E-state index in [1.807, 2.05) is 13.0 Å². The molecule has 98 valence electrons. The van der Waals surface area contributed by atoms with Crippen molar-refractivity contribution >= 4 is 34.8 Å². The first-order valence-electron chi connectivity index (χ1n) is 5.50. The number of nitrogen functional groups attached to an aromatic ring is 1. The summed E-state index contributed by atoms with van der Waals surface area (Å²) in [5.41, 5.74) is 7.48. The standard InChI is InChI=1S/C13H12ClN3O2/c1-7-2-3-10(9(14)6-7)17-12-11(15)8(13(18)19)4-5-16-12/h2-6H,15H2,1H3,(H,16,17)(H,18,19). The van der Waals surface area contributed by atoms with E-state index in [9.17, 15) is 4.79 Å². The number of aromatic carboxylic acids is 1. The number of aryl methyl sites for hydroxylation is 1. The summed E-state index contributed by atoms with van der Waals surface area (Å²) in [5.74, 6) is -0.830. The van der Waals surface area contributed by atoms with Crippen LogP contribution in [0.3, 0.4) is 0 Å². The molecule has 0 radical (unpaired) electrons. The second-order valence-corrected chi connectivity index (χ2v) is 4.44. The quantitative estimate of drug-likeness (QED) is 0.802. The predicted octanol–water partition coefficient (Wildman–Crippen LogP) is 3.07. The van der Waals surface area contributed by atoms with Crippen molar-refractivity contribution in [3.05, 3.63) is 46.6 Å². The Hall–Kier alpha value is -2.27. The number of nitrogens with one attached hydrogen (secondary N) is 1. The number of carboxylic acid groups (broad SMARTS) is 1. The summed E-state index contributed by atoms with van der Waals surface area (Å²) in [6, 6.07) is 6.80. The third-order valence-electron chi connectivity index (χ3n) is 2.60. The Balaban J connectivity index is 2.38. The summed E-state index contributed by atoms with van der Waals surface area (Å²) in [5, 5.41) is 12.4. The molecule has 0 aliphatic heterocycles. The smallest absolute Gasteiger partial charge is 0.337 e. The first kappa shape index (κ1) is 13.2. The Labute approximate surface area is 115 Å². The molecule has 0 spiro atoms. The Morgan fingerprint density at radius 1 is 1.42 bits per heavy atom. The van der Waals surface area contributed by atoms with Gasteiger partial charge in [0.25, 0.3) is 0 Å². The largest absolute Gasteiger partial charge is 0.478 e. The lowest BCUT2D eigenvalue weighted by Crippen LogP contribution is -2.07. The zero-order valence-electron chi connectivity index (χ0n) is 10.1. The van der Waals surface area contributed by atoms with Crippen LogP contribution < -0.4 is 11.1 Å². The van der Waals surface area contributed by atoms with Crippen LogP contribution in [0, 0.1) is 6.92 Å². The maximum absolute atomic E-state index is 11.0. The van der Waals surface area contributed by atoms with Gasteiger partial charge < -0.3 is 16.2 Å². The van der Waals surface area contributed by atoms with Crippen molar-refractivity contribution in [1.29, 1.82) is 0 Å². The lowest BCUT2D eigenvalue weighted by Gasteiger charge is -2.11. The van der Waals surface area contributed by atoms with Crippen molar-refractivity contribution in [2.45, 2.75) is 6.92 Å². The van der Waals surface area contributed by atoms with Gasteiger partial charge in [0.15, 0.2) is 5.82 Å². The van der Waals surface area contributed by atoms with Crippen LogP contribution in [-0.4, -0.2) is 16.1 Å². The van der Waals surface area contributed by atoms with Crippen LogP contribution in [0.4, 0.5) is 17.2 Å². The number of nitrogens with two attached hydrogens (primary N) is 1. The molecule has 5 nitrogen and oxygen atoms in total. The van der Waals surface area contributed by atoms with E-state index in [-0.39, 0.29) is 17.1 Å². The highest BCUT2D eigenvalue weighted by Crippen LogP contribution is 2.29. The van der Waals surface area contributed by atoms with E-state index in [2.05, 4.69) is 10.3 Å². The Kier molecular flexibility index (Phi) is 3.57. The van der Waals surface area contributed by atoms with Gasteiger partial charge in [0, 0.05) is 6.20 Å². The number of benzene rings is 1. The van der Waals surface area contributed by atoms with Gasteiger partial charge >= 0.3 is 5.97 Å². The summed E-state index contributed by atoms with van der Waals surface area (Å²) in [4.78, 5) is 15.0. The first-order chi connectivity index (χ1) is 8.99. The summed E-state index contributed by atoms with van der Waals surface area (Å²) in [6.07, 6.45) is 1.38. The van der Waals surface area contributed by atoms with Crippen LogP contribution in [0.5, 0.6) is 0 Å². The van der Waals surface area contributed by atoms with Gasteiger partial charge in [-0.2, -0.15) is 0 Å². The lowest BCUT2D eigenvalue weighted by molar-refractivity contribution is 0.0698. The zero-order chi connectivity index (χ0) is 14.0. The normalized spacial score (nSPS) is 10.2. The molecule has 2 aromatic rings. The Morgan fingerprint density at radius 3 is 2.79 bits per heavy atom. The minimum atomic E-state index is -1.10. The van der Waals surface area contributed by atoms with E-state index in [0.717, 1.165) is 5.56 Å². The van der Waals surface area contributed by atoms with E-state index < -0.39 is 5.97 Å². The monoisotopic (exact) mass is 277 g/mol. The second kappa shape index (κ2) is 5.16. The molecular weight excluding hydrogens is 266 g/mol. The van der Waals surface area contributed by atoms with Crippen molar-refractivity contribution in [2.24, 2.45) is 0 Å². The van der Waals surface area contributed by atoms with Gasteiger partial charge in [-0.05, 0) is 30.7 Å². The molecule has 1 heterocycles. The van der Waals surface area contributed by atoms with Crippen LogP contribution in [-0.2, 0) is 0 Å². The number of aromatic nitrogens is 1. The molecule has 0 atom stereocenters. The number of pyridine rings is 1. The number of anilines is 3. The number of carboxylic acids is 1. The summed E-state index contributed by atoms with van der Waals surface area (Å²) < 4.78 is 0. The molecule has 0 saturated carbocycles. The van der Waals surface area contributed by atoms with Gasteiger partial charge in [0.1, 0.15) is 0 Å². The summed E-state index contributed by atoms with van der Waals surface area (Å²) >= 11 is 6.09. The lowest BCUT2D eigenvalue weighted by atomic mass is 10.2. The van der Waals surface area contributed by atoms with Crippen LogP contribution in [0.25, 0.3) is 0 Å².